The van der Waals surface area contributed by atoms with Gasteiger partial charge in [-0.25, -0.2) is 0 Å². The SMILES string of the molecule is [CH2]CCCC(C)c1cncs1. The van der Waals surface area contributed by atoms with Crippen molar-refractivity contribution < 1.29 is 0 Å². The van der Waals surface area contributed by atoms with Gasteiger partial charge in [0.1, 0.15) is 0 Å². The largest absolute Gasteiger partial charge is 0.253 e. The Balaban J connectivity index is 2.36. The molecule has 0 spiro atoms. The van der Waals surface area contributed by atoms with E-state index >= 15 is 0 Å². The first-order valence-electron chi connectivity index (χ1n) is 4.02. The van der Waals surface area contributed by atoms with E-state index in [1.165, 1.54) is 17.7 Å². The lowest BCUT2D eigenvalue weighted by molar-refractivity contribution is 0.647. The van der Waals surface area contributed by atoms with Gasteiger partial charge in [-0.05, 0) is 12.3 Å². The number of nitrogens with zero attached hydrogens (tertiary/aromatic N) is 1. The van der Waals surface area contributed by atoms with E-state index in [-0.39, 0.29) is 0 Å². The molecule has 0 aliphatic heterocycles. The molecule has 0 fully saturated rings. The van der Waals surface area contributed by atoms with Gasteiger partial charge in [0.15, 0.2) is 0 Å². The van der Waals surface area contributed by atoms with Crippen LogP contribution in [0.15, 0.2) is 11.7 Å². The summed E-state index contributed by atoms with van der Waals surface area (Å²) in [6.45, 7) is 6.08. The van der Waals surface area contributed by atoms with Gasteiger partial charge in [0.2, 0.25) is 0 Å². The maximum absolute atomic E-state index is 4.05. The lowest BCUT2D eigenvalue weighted by Gasteiger charge is -2.05. The van der Waals surface area contributed by atoms with Gasteiger partial charge >= 0.3 is 0 Å². The molecule has 1 radical (unpaired) electrons. The summed E-state index contributed by atoms with van der Waals surface area (Å²) in [4.78, 5) is 5.46. The number of unbranched alkanes of at least 4 members (excludes halogenated alkanes) is 1. The highest BCUT2D eigenvalue weighted by Crippen LogP contribution is 2.23. The average Bonchev–Trinajstić information content (AvgIpc) is 2.52. The quantitative estimate of drug-likeness (QED) is 0.672. The highest BCUT2D eigenvalue weighted by Gasteiger charge is 2.05. The van der Waals surface area contributed by atoms with Gasteiger partial charge in [-0.15, -0.1) is 11.3 Å². The Hall–Kier alpha value is -0.370. The molecule has 1 aromatic heterocycles. The minimum atomic E-state index is 0.671. The highest BCUT2D eigenvalue weighted by atomic mass is 32.1. The molecule has 1 heterocycles. The van der Waals surface area contributed by atoms with Gasteiger partial charge in [0, 0.05) is 11.1 Å². The van der Waals surface area contributed by atoms with Gasteiger partial charge in [-0.1, -0.05) is 26.7 Å². The maximum atomic E-state index is 4.05. The number of rotatable bonds is 4. The van der Waals surface area contributed by atoms with E-state index in [4.69, 9.17) is 0 Å². The number of aromatic nitrogens is 1. The zero-order valence-electron chi connectivity index (χ0n) is 6.92. The fraction of sp³-hybridized carbons (Fsp3) is 0.556. The molecule has 0 saturated heterocycles. The Kier molecular flexibility index (Phi) is 3.57. The highest BCUT2D eigenvalue weighted by molar-refractivity contribution is 7.09. The number of thiazole rings is 1. The van der Waals surface area contributed by atoms with Crippen molar-refractivity contribution in [1.29, 1.82) is 0 Å². The number of hydrogen-bond acceptors (Lipinski definition) is 2. The van der Waals surface area contributed by atoms with Crippen molar-refractivity contribution >= 4 is 11.3 Å². The van der Waals surface area contributed by atoms with Gasteiger partial charge in [0.25, 0.3) is 0 Å². The third-order valence-corrected chi connectivity index (χ3v) is 2.83. The molecule has 0 amide bonds. The Labute approximate surface area is 72.5 Å². The molecule has 11 heavy (non-hydrogen) atoms. The summed E-state index contributed by atoms with van der Waals surface area (Å²) in [6.07, 6.45) is 5.48. The van der Waals surface area contributed by atoms with E-state index in [1.807, 2.05) is 11.7 Å². The van der Waals surface area contributed by atoms with E-state index in [0.717, 1.165) is 6.42 Å². The summed E-state index contributed by atoms with van der Waals surface area (Å²) < 4.78 is 0. The summed E-state index contributed by atoms with van der Waals surface area (Å²) in [6, 6.07) is 0. The van der Waals surface area contributed by atoms with Crippen molar-refractivity contribution in [2.24, 2.45) is 0 Å². The lowest BCUT2D eigenvalue weighted by Crippen LogP contribution is -1.89. The molecule has 0 aliphatic rings. The third-order valence-electron chi connectivity index (χ3n) is 1.82. The first kappa shape index (κ1) is 8.72. The van der Waals surface area contributed by atoms with Gasteiger partial charge in [0.05, 0.1) is 5.51 Å². The monoisotopic (exact) mass is 168 g/mol. The van der Waals surface area contributed by atoms with E-state index in [2.05, 4.69) is 18.8 Å². The van der Waals surface area contributed by atoms with Crippen molar-refractivity contribution in [3.05, 3.63) is 23.5 Å². The molecule has 1 atom stereocenters. The van der Waals surface area contributed by atoms with Crippen LogP contribution in [0, 0.1) is 6.92 Å². The van der Waals surface area contributed by atoms with Crippen LogP contribution in [-0.4, -0.2) is 4.98 Å². The third kappa shape index (κ3) is 2.62. The topological polar surface area (TPSA) is 12.9 Å². The van der Waals surface area contributed by atoms with Gasteiger partial charge < -0.3 is 0 Å². The minimum absolute atomic E-state index is 0.671. The number of hydrogen-bond donors (Lipinski definition) is 0. The van der Waals surface area contributed by atoms with Crippen LogP contribution in [0.1, 0.15) is 37.0 Å². The molecule has 61 valence electrons. The van der Waals surface area contributed by atoms with Gasteiger partial charge in [-0.3, -0.25) is 4.98 Å². The molecule has 1 aromatic rings. The van der Waals surface area contributed by atoms with Crippen LogP contribution in [0.5, 0.6) is 0 Å². The lowest BCUT2D eigenvalue weighted by atomic mass is 10.0. The molecule has 0 saturated carbocycles. The van der Waals surface area contributed by atoms with E-state index < -0.39 is 0 Å². The maximum Gasteiger partial charge on any atom is 0.0794 e. The van der Waals surface area contributed by atoms with Crippen LogP contribution in [0.25, 0.3) is 0 Å². The Morgan fingerprint density at radius 3 is 3.09 bits per heavy atom. The van der Waals surface area contributed by atoms with E-state index in [0.29, 0.717) is 5.92 Å². The standard InChI is InChI=1S/C9H14NS/c1-3-4-5-8(2)9-6-10-7-11-9/h6-8H,1,3-5H2,2H3. The van der Waals surface area contributed by atoms with Crippen molar-refractivity contribution in [2.75, 3.05) is 0 Å². The molecule has 0 bridgehead atoms. The second kappa shape index (κ2) is 4.50. The molecule has 1 rings (SSSR count). The predicted molar refractivity (Wildman–Crippen MR) is 49.7 cm³/mol. The van der Waals surface area contributed by atoms with Crippen LogP contribution in [-0.2, 0) is 0 Å². The van der Waals surface area contributed by atoms with Crippen LogP contribution in [0.3, 0.4) is 0 Å². The van der Waals surface area contributed by atoms with Crippen molar-refractivity contribution in [2.45, 2.75) is 32.1 Å². The fourth-order valence-electron chi connectivity index (χ4n) is 1.06. The normalized spacial score (nSPS) is 13.3. The molecule has 0 aliphatic carbocycles. The first-order chi connectivity index (χ1) is 5.34. The molecule has 0 aromatic carbocycles. The zero-order valence-corrected chi connectivity index (χ0v) is 7.73. The minimum Gasteiger partial charge on any atom is -0.253 e. The van der Waals surface area contributed by atoms with Crippen molar-refractivity contribution in [3.63, 3.8) is 0 Å². The molecule has 1 nitrogen and oxygen atoms in total. The first-order valence-corrected chi connectivity index (χ1v) is 4.90. The van der Waals surface area contributed by atoms with Crippen LogP contribution in [0.2, 0.25) is 0 Å². The Morgan fingerprint density at radius 2 is 2.55 bits per heavy atom. The summed E-state index contributed by atoms with van der Waals surface area (Å²) in [7, 11) is 0. The van der Waals surface area contributed by atoms with Crippen LogP contribution in [0.4, 0.5) is 0 Å². The smallest absolute Gasteiger partial charge is 0.0794 e. The van der Waals surface area contributed by atoms with E-state index in [1.54, 1.807) is 11.3 Å². The fourth-order valence-corrected chi connectivity index (χ4v) is 1.78. The Bertz CT molecular complexity index is 181. The second-order valence-corrected chi connectivity index (χ2v) is 3.72. The predicted octanol–water partition coefficient (Wildman–Crippen LogP) is 3.25. The molecule has 1 unspecified atom stereocenters. The summed E-state index contributed by atoms with van der Waals surface area (Å²) in [5.74, 6) is 0.671. The van der Waals surface area contributed by atoms with Crippen molar-refractivity contribution in [1.82, 2.24) is 4.98 Å². The molecule has 2 heteroatoms. The van der Waals surface area contributed by atoms with Gasteiger partial charge in [-0.2, -0.15) is 0 Å². The Morgan fingerprint density at radius 1 is 1.73 bits per heavy atom. The summed E-state index contributed by atoms with van der Waals surface area (Å²) in [5, 5.41) is 0. The molecule has 0 N–H and O–H groups in total. The second-order valence-electron chi connectivity index (χ2n) is 2.80. The summed E-state index contributed by atoms with van der Waals surface area (Å²) in [5.41, 5.74) is 1.90. The summed E-state index contributed by atoms with van der Waals surface area (Å²) >= 11 is 1.75. The van der Waals surface area contributed by atoms with E-state index in [9.17, 15) is 0 Å². The average molecular weight is 168 g/mol. The van der Waals surface area contributed by atoms with Crippen LogP contribution < -0.4 is 0 Å². The zero-order chi connectivity index (χ0) is 8.10. The van der Waals surface area contributed by atoms with Crippen LogP contribution >= 0.6 is 11.3 Å². The molecular formula is C9H14NS. The molecular weight excluding hydrogens is 154 g/mol. The van der Waals surface area contributed by atoms with Crippen molar-refractivity contribution in [3.8, 4) is 0 Å².